The highest BCUT2D eigenvalue weighted by atomic mass is 16.2. The highest BCUT2D eigenvalue weighted by molar-refractivity contribution is 5.92. The fourth-order valence-corrected chi connectivity index (χ4v) is 4.41. The second kappa shape index (κ2) is 8.34. The van der Waals surface area contributed by atoms with Gasteiger partial charge in [-0.1, -0.05) is 13.8 Å². The summed E-state index contributed by atoms with van der Waals surface area (Å²) in [6.45, 7) is 10.6. The van der Waals surface area contributed by atoms with Crippen LogP contribution in [0, 0.1) is 0 Å². The van der Waals surface area contributed by atoms with Gasteiger partial charge in [0.25, 0.3) is 11.5 Å². The number of amides is 1. The van der Waals surface area contributed by atoms with E-state index in [9.17, 15) is 9.59 Å². The third kappa shape index (κ3) is 3.93. The van der Waals surface area contributed by atoms with Gasteiger partial charge in [0, 0.05) is 37.8 Å². The molecule has 2 aromatic heterocycles. The molecule has 2 aliphatic rings. The number of hydrogen-bond acceptors (Lipinski definition) is 5. The average Bonchev–Trinajstić information content (AvgIpc) is 3.23. The highest BCUT2D eigenvalue weighted by Crippen LogP contribution is 2.31. The summed E-state index contributed by atoms with van der Waals surface area (Å²) in [5, 5.41) is 7.21. The number of aromatic nitrogens is 4. The normalized spacial score (nSPS) is 20.1. The fourth-order valence-electron chi connectivity index (χ4n) is 4.41. The summed E-state index contributed by atoms with van der Waals surface area (Å²) in [6, 6.07) is 2.02. The summed E-state index contributed by atoms with van der Waals surface area (Å²) in [6.07, 6.45) is 3.52. The number of aromatic amines is 2. The minimum atomic E-state index is -0.216. The van der Waals surface area contributed by atoms with Crippen LogP contribution in [0.3, 0.4) is 0 Å². The quantitative estimate of drug-likeness (QED) is 0.805. The first kappa shape index (κ1) is 20.8. The Kier molecular flexibility index (Phi) is 5.77. The molecule has 162 valence electrons. The van der Waals surface area contributed by atoms with E-state index in [1.165, 1.54) is 0 Å². The Morgan fingerprint density at radius 2 is 2.00 bits per heavy atom. The van der Waals surface area contributed by atoms with Crippen LogP contribution < -0.4 is 5.56 Å². The summed E-state index contributed by atoms with van der Waals surface area (Å²) in [5.74, 6) is 0.791. The van der Waals surface area contributed by atoms with Crippen molar-refractivity contribution in [2.45, 2.75) is 77.9 Å². The third-order valence-corrected chi connectivity index (χ3v) is 6.36. The number of rotatable bonds is 4. The molecule has 2 aliphatic heterocycles. The number of H-pyrrole nitrogens is 2. The molecule has 1 atom stereocenters. The van der Waals surface area contributed by atoms with E-state index in [-0.39, 0.29) is 23.4 Å². The molecule has 0 spiro atoms. The number of likely N-dealkylation sites (tertiary alicyclic amines) is 1. The van der Waals surface area contributed by atoms with Gasteiger partial charge >= 0.3 is 0 Å². The number of carbonyl (C=O) groups is 1. The van der Waals surface area contributed by atoms with Gasteiger partial charge in [0.05, 0.1) is 17.3 Å². The third-order valence-electron chi connectivity index (χ3n) is 6.36. The molecule has 2 N–H and O–H groups in total. The Morgan fingerprint density at radius 1 is 1.20 bits per heavy atom. The second-order valence-electron chi connectivity index (χ2n) is 9.06. The summed E-state index contributed by atoms with van der Waals surface area (Å²) < 4.78 is 0. The number of carbonyl (C=O) groups excluding carboxylic acids is 1. The minimum Gasteiger partial charge on any atom is -0.327 e. The zero-order chi connectivity index (χ0) is 21.4. The lowest BCUT2D eigenvalue weighted by Crippen LogP contribution is -2.42. The van der Waals surface area contributed by atoms with Gasteiger partial charge in [0.15, 0.2) is 0 Å². The molecule has 0 aromatic carbocycles. The molecule has 1 unspecified atom stereocenters. The Hall–Kier alpha value is -2.48. The van der Waals surface area contributed by atoms with E-state index >= 15 is 0 Å². The molecule has 4 heterocycles. The van der Waals surface area contributed by atoms with E-state index in [4.69, 9.17) is 4.98 Å². The highest BCUT2D eigenvalue weighted by Gasteiger charge is 2.33. The van der Waals surface area contributed by atoms with Crippen LogP contribution in [0.2, 0.25) is 0 Å². The van der Waals surface area contributed by atoms with Crippen molar-refractivity contribution in [1.29, 1.82) is 0 Å². The zero-order valence-electron chi connectivity index (χ0n) is 18.4. The predicted molar refractivity (Wildman–Crippen MR) is 114 cm³/mol. The van der Waals surface area contributed by atoms with E-state index < -0.39 is 0 Å². The van der Waals surface area contributed by atoms with Crippen LogP contribution in [-0.4, -0.2) is 55.0 Å². The Labute approximate surface area is 177 Å². The monoisotopic (exact) mass is 412 g/mol. The molecule has 0 aliphatic carbocycles. The molecular weight excluding hydrogens is 380 g/mol. The van der Waals surface area contributed by atoms with Crippen LogP contribution >= 0.6 is 0 Å². The Bertz CT molecular complexity index is 976. The van der Waals surface area contributed by atoms with Crippen LogP contribution in [0.1, 0.15) is 92.2 Å². The van der Waals surface area contributed by atoms with Gasteiger partial charge in [0.1, 0.15) is 11.5 Å². The van der Waals surface area contributed by atoms with Crippen molar-refractivity contribution in [2.24, 2.45) is 0 Å². The van der Waals surface area contributed by atoms with Gasteiger partial charge in [-0.25, -0.2) is 4.98 Å². The topological polar surface area (TPSA) is 98.0 Å². The predicted octanol–water partition coefficient (Wildman–Crippen LogP) is 2.75. The second-order valence-corrected chi connectivity index (χ2v) is 9.06. The van der Waals surface area contributed by atoms with Gasteiger partial charge in [-0.2, -0.15) is 5.10 Å². The first-order chi connectivity index (χ1) is 14.3. The maximum absolute atomic E-state index is 13.2. The van der Waals surface area contributed by atoms with E-state index in [1.54, 1.807) is 0 Å². The number of piperidine rings is 1. The molecule has 8 heteroatoms. The van der Waals surface area contributed by atoms with Crippen molar-refractivity contribution in [3.05, 3.63) is 44.9 Å². The van der Waals surface area contributed by atoms with Gasteiger partial charge in [0.2, 0.25) is 0 Å². The van der Waals surface area contributed by atoms with Crippen LogP contribution in [0.5, 0.6) is 0 Å². The van der Waals surface area contributed by atoms with E-state index in [1.807, 2.05) is 11.0 Å². The van der Waals surface area contributed by atoms with Crippen LogP contribution in [0.25, 0.3) is 0 Å². The van der Waals surface area contributed by atoms with Crippen molar-refractivity contribution < 1.29 is 4.79 Å². The largest absolute Gasteiger partial charge is 0.327 e. The van der Waals surface area contributed by atoms with Gasteiger partial charge in [-0.15, -0.1) is 0 Å². The van der Waals surface area contributed by atoms with Crippen LogP contribution in [0.4, 0.5) is 0 Å². The van der Waals surface area contributed by atoms with Crippen LogP contribution in [-0.2, 0) is 13.0 Å². The summed E-state index contributed by atoms with van der Waals surface area (Å²) >= 11 is 0. The van der Waals surface area contributed by atoms with E-state index in [2.05, 4.69) is 47.8 Å². The lowest BCUT2D eigenvalue weighted by atomic mass is 9.99. The van der Waals surface area contributed by atoms with Gasteiger partial charge in [-0.05, 0) is 45.1 Å². The van der Waals surface area contributed by atoms with Crippen molar-refractivity contribution in [3.8, 4) is 0 Å². The summed E-state index contributed by atoms with van der Waals surface area (Å²) in [7, 11) is 0. The maximum Gasteiger partial charge on any atom is 0.274 e. The SMILES string of the molecule is CC(C)c1cc(C(=O)N2CCCCC2c2nc3c(c(=O)[nH]2)CN(C(C)C)CC3)n[nH]1. The minimum absolute atomic E-state index is 0.0693. The van der Waals surface area contributed by atoms with Crippen molar-refractivity contribution in [2.75, 3.05) is 13.1 Å². The Balaban J connectivity index is 1.62. The lowest BCUT2D eigenvalue weighted by molar-refractivity contribution is 0.0592. The number of fused-ring (bicyclic) bond motifs is 1. The zero-order valence-corrected chi connectivity index (χ0v) is 18.4. The van der Waals surface area contributed by atoms with Crippen LogP contribution in [0.15, 0.2) is 10.9 Å². The average molecular weight is 413 g/mol. The maximum atomic E-state index is 13.2. The molecule has 1 saturated heterocycles. The molecule has 8 nitrogen and oxygen atoms in total. The molecule has 30 heavy (non-hydrogen) atoms. The Morgan fingerprint density at radius 3 is 2.70 bits per heavy atom. The standard InChI is InChI=1S/C22H32N6O2/c1-13(2)17-11-18(26-25-17)22(30)28-9-6-5-7-19(28)20-23-16-8-10-27(14(3)4)12-15(16)21(29)24-20/h11,13-14,19H,5-10,12H2,1-4H3,(H,25,26)(H,23,24,29). The molecule has 0 bridgehead atoms. The smallest absolute Gasteiger partial charge is 0.274 e. The molecule has 4 rings (SSSR count). The molecule has 1 fully saturated rings. The fraction of sp³-hybridized carbons (Fsp3) is 0.636. The van der Waals surface area contributed by atoms with E-state index in [0.717, 1.165) is 49.2 Å². The molecule has 2 aromatic rings. The van der Waals surface area contributed by atoms with Crippen molar-refractivity contribution in [1.82, 2.24) is 30.0 Å². The van der Waals surface area contributed by atoms with Crippen molar-refractivity contribution in [3.63, 3.8) is 0 Å². The summed E-state index contributed by atoms with van der Waals surface area (Å²) in [4.78, 5) is 38.1. The molecular formula is C22H32N6O2. The molecule has 1 amide bonds. The number of hydrogen-bond donors (Lipinski definition) is 2. The van der Waals surface area contributed by atoms with Crippen molar-refractivity contribution >= 4 is 5.91 Å². The van der Waals surface area contributed by atoms with E-state index in [0.29, 0.717) is 30.6 Å². The first-order valence-electron chi connectivity index (χ1n) is 11.1. The lowest BCUT2D eigenvalue weighted by Gasteiger charge is -2.35. The van der Waals surface area contributed by atoms with Gasteiger partial charge in [-0.3, -0.25) is 19.6 Å². The molecule has 0 saturated carbocycles. The number of nitrogens with one attached hydrogen (secondary N) is 2. The first-order valence-corrected chi connectivity index (χ1v) is 11.1. The number of nitrogens with zero attached hydrogens (tertiary/aromatic N) is 4. The van der Waals surface area contributed by atoms with Gasteiger partial charge < -0.3 is 9.88 Å². The molecule has 0 radical (unpaired) electrons. The summed E-state index contributed by atoms with van der Waals surface area (Å²) in [5.41, 5.74) is 2.95.